The van der Waals surface area contributed by atoms with Crippen LogP contribution in [-0.2, 0) is 36.1 Å². The van der Waals surface area contributed by atoms with Crippen molar-refractivity contribution in [3.63, 3.8) is 0 Å². The number of pyridine rings is 1. The second-order valence-electron chi connectivity index (χ2n) is 10.1. The Bertz CT molecular complexity index is 1430. The predicted molar refractivity (Wildman–Crippen MR) is 138 cm³/mol. The number of carbonyl (C=O) groups is 1. The zero-order chi connectivity index (χ0) is 25.0. The van der Waals surface area contributed by atoms with Crippen LogP contribution >= 0.6 is 0 Å². The summed E-state index contributed by atoms with van der Waals surface area (Å²) in [6.07, 6.45) is 6.80. The highest BCUT2D eigenvalue weighted by atomic mass is 16.5. The molecule has 4 aromatic rings. The van der Waals surface area contributed by atoms with E-state index in [-0.39, 0.29) is 5.91 Å². The first-order chi connectivity index (χ1) is 17.5. The van der Waals surface area contributed by atoms with E-state index in [1.807, 2.05) is 35.6 Å². The maximum absolute atomic E-state index is 13.4. The van der Waals surface area contributed by atoms with Crippen molar-refractivity contribution in [1.29, 1.82) is 0 Å². The van der Waals surface area contributed by atoms with Crippen LogP contribution in [0.25, 0.3) is 22.1 Å². The minimum absolute atomic E-state index is 0.245. The molecule has 0 unspecified atom stereocenters. The van der Waals surface area contributed by atoms with E-state index in [9.17, 15) is 4.79 Å². The molecule has 0 saturated heterocycles. The van der Waals surface area contributed by atoms with Crippen molar-refractivity contribution in [3.8, 4) is 0 Å². The molecule has 1 amide bonds. The molecule has 4 heterocycles. The lowest BCUT2D eigenvalue weighted by atomic mass is 10.2. The van der Waals surface area contributed by atoms with Crippen molar-refractivity contribution in [1.82, 2.24) is 33.8 Å². The largest absolute Gasteiger partial charge is 0.383 e. The molecule has 36 heavy (non-hydrogen) atoms. The van der Waals surface area contributed by atoms with Crippen LogP contribution in [0.2, 0.25) is 0 Å². The molecule has 2 fully saturated rings. The molecule has 2 aliphatic carbocycles. The van der Waals surface area contributed by atoms with E-state index in [0.717, 1.165) is 71.5 Å². The molecule has 0 aromatic carbocycles. The number of hydrogen-bond acceptors (Lipinski definition) is 6. The summed E-state index contributed by atoms with van der Waals surface area (Å²) in [5.74, 6) is 1.63. The van der Waals surface area contributed by atoms with Crippen LogP contribution in [-0.4, -0.2) is 65.5 Å². The van der Waals surface area contributed by atoms with Crippen molar-refractivity contribution in [2.75, 3.05) is 19.0 Å². The molecule has 0 aliphatic heterocycles. The lowest BCUT2D eigenvalue weighted by Gasteiger charge is -2.22. The van der Waals surface area contributed by atoms with Crippen molar-refractivity contribution in [2.24, 2.45) is 7.05 Å². The zero-order valence-corrected chi connectivity index (χ0v) is 21.5. The number of carbonyl (C=O) groups excluding carboxylic acids is 1. The molecule has 2 saturated carbocycles. The van der Waals surface area contributed by atoms with Crippen LogP contribution in [0.1, 0.15) is 44.0 Å². The number of aromatic nitrogens is 6. The first-order valence-corrected chi connectivity index (χ1v) is 12.9. The predicted octanol–water partition coefficient (Wildman–Crippen LogP) is 3.53. The van der Waals surface area contributed by atoms with Gasteiger partial charge in [0.05, 0.1) is 31.4 Å². The molecule has 4 aromatic heterocycles. The monoisotopic (exact) mass is 490 g/mol. The third kappa shape index (κ3) is 4.03. The van der Waals surface area contributed by atoms with Crippen LogP contribution in [0.3, 0.4) is 0 Å². The van der Waals surface area contributed by atoms with Gasteiger partial charge in [-0.2, -0.15) is 5.10 Å². The van der Waals surface area contributed by atoms with Crippen LogP contribution in [0, 0.1) is 6.92 Å². The smallest absolute Gasteiger partial charge is 0.229 e. The number of amides is 1. The fourth-order valence-electron chi connectivity index (χ4n) is 5.31. The van der Waals surface area contributed by atoms with Gasteiger partial charge in [-0.25, -0.2) is 9.97 Å². The molecule has 0 spiro atoms. The number of nitrogens with zero attached hydrogens (tertiary/aromatic N) is 7. The van der Waals surface area contributed by atoms with E-state index < -0.39 is 0 Å². The maximum Gasteiger partial charge on any atom is 0.229 e. The topological polar surface area (TPSA) is 95.0 Å². The van der Waals surface area contributed by atoms with Crippen LogP contribution < -0.4 is 5.32 Å². The molecule has 6 rings (SSSR count). The summed E-state index contributed by atoms with van der Waals surface area (Å²) in [7, 11) is 3.69. The third-order valence-electron chi connectivity index (χ3n) is 7.34. The lowest BCUT2D eigenvalue weighted by molar-refractivity contribution is -0.131. The molecule has 2 aliphatic rings. The Hall–Kier alpha value is -3.40. The first-order valence-electron chi connectivity index (χ1n) is 12.9. The van der Waals surface area contributed by atoms with Gasteiger partial charge in [0.2, 0.25) is 5.91 Å². The Balaban J connectivity index is 1.38. The summed E-state index contributed by atoms with van der Waals surface area (Å²) in [5, 5.41) is 9.11. The number of anilines is 2. The summed E-state index contributed by atoms with van der Waals surface area (Å²) in [5.41, 5.74) is 4.70. The van der Waals surface area contributed by atoms with Gasteiger partial charge in [-0.05, 0) is 45.6 Å². The minimum atomic E-state index is 0.245. The summed E-state index contributed by atoms with van der Waals surface area (Å²) >= 11 is 0. The number of methoxy groups -OCH3 is 1. The average molecular weight is 491 g/mol. The molecule has 10 heteroatoms. The van der Waals surface area contributed by atoms with Crippen LogP contribution in [0.15, 0.2) is 18.5 Å². The second kappa shape index (κ2) is 8.92. The van der Waals surface area contributed by atoms with Gasteiger partial charge < -0.3 is 24.1 Å². The van der Waals surface area contributed by atoms with E-state index in [0.29, 0.717) is 37.5 Å². The number of hydrogen-bond donors (Lipinski definition) is 1. The number of fused-ring (bicyclic) bond motifs is 3. The van der Waals surface area contributed by atoms with E-state index in [2.05, 4.69) is 37.9 Å². The van der Waals surface area contributed by atoms with Gasteiger partial charge in [0.25, 0.3) is 0 Å². The summed E-state index contributed by atoms with van der Waals surface area (Å²) in [4.78, 5) is 25.2. The Morgan fingerprint density at radius 2 is 1.97 bits per heavy atom. The lowest BCUT2D eigenvalue weighted by Crippen LogP contribution is -2.36. The normalized spacial score (nSPS) is 15.8. The standard InChI is InChI=1S/C26H34N8O2/c1-5-32-19(14-22(35)34(17-6-7-17)18-8-9-18)13-20-24-23(27-15-31(24)3)25(29-26(20)32)28-21-12-16(2)33(30-21)10-11-36-4/h12-13,15,17-18H,5-11,14H2,1-4H3,(H,28,29,30). The molecule has 190 valence electrons. The van der Waals surface area contributed by atoms with Crippen molar-refractivity contribution < 1.29 is 9.53 Å². The fourth-order valence-corrected chi connectivity index (χ4v) is 5.31. The SMILES string of the molecule is CCn1c(CC(=O)N(C2CC2)C2CC2)cc2c3c(ncn3C)c(Nc3cc(C)n(CCOC)n3)nc21. The van der Waals surface area contributed by atoms with E-state index in [1.54, 1.807) is 7.11 Å². The van der Waals surface area contributed by atoms with Crippen molar-refractivity contribution in [3.05, 3.63) is 29.8 Å². The number of nitrogens with one attached hydrogen (secondary N) is 1. The molecule has 0 bridgehead atoms. The van der Waals surface area contributed by atoms with Crippen LogP contribution in [0.5, 0.6) is 0 Å². The van der Waals surface area contributed by atoms with E-state index >= 15 is 0 Å². The third-order valence-corrected chi connectivity index (χ3v) is 7.34. The number of aryl methyl sites for hydroxylation is 3. The van der Waals surface area contributed by atoms with Gasteiger partial charge in [0.1, 0.15) is 11.2 Å². The van der Waals surface area contributed by atoms with Crippen molar-refractivity contribution in [2.45, 2.75) is 71.1 Å². The van der Waals surface area contributed by atoms with Gasteiger partial charge in [-0.15, -0.1) is 0 Å². The molecule has 10 nitrogen and oxygen atoms in total. The van der Waals surface area contributed by atoms with Gasteiger partial charge >= 0.3 is 0 Å². The Kier molecular flexibility index (Phi) is 5.70. The molecular weight excluding hydrogens is 456 g/mol. The van der Waals surface area contributed by atoms with E-state index in [4.69, 9.17) is 9.72 Å². The van der Waals surface area contributed by atoms with Crippen molar-refractivity contribution >= 4 is 39.6 Å². The van der Waals surface area contributed by atoms with Gasteiger partial charge in [-0.1, -0.05) is 0 Å². The molecular formula is C26H34N8O2. The zero-order valence-electron chi connectivity index (χ0n) is 21.5. The highest BCUT2D eigenvalue weighted by Gasteiger charge is 2.42. The Labute approximate surface area is 210 Å². The highest BCUT2D eigenvalue weighted by molar-refractivity contribution is 6.07. The quantitative estimate of drug-likeness (QED) is 0.365. The van der Waals surface area contributed by atoms with Gasteiger partial charge in [0.15, 0.2) is 11.6 Å². The number of imidazole rings is 1. The minimum Gasteiger partial charge on any atom is -0.383 e. The Morgan fingerprint density at radius 3 is 2.64 bits per heavy atom. The molecule has 1 N–H and O–H groups in total. The second-order valence-corrected chi connectivity index (χ2v) is 10.1. The maximum atomic E-state index is 13.4. The number of rotatable bonds is 10. The summed E-state index contributed by atoms with van der Waals surface area (Å²) in [6, 6.07) is 5.05. The summed E-state index contributed by atoms with van der Waals surface area (Å²) < 4.78 is 11.3. The fraction of sp³-hybridized carbons (Fsp3) is 0.538. The van der Waals surface area contributed by atoms with Gasteiger partial charge in [0, 0.05) is 55.6 Å². The molecule has 0 radical (unpaired) electrons. The average Bonchev–Trinajstić information content (AvgIpc) is 3.77. The summed E-state index contributed by atoms with van der Waals surface area (Å²) in [6.45, 7) is 6.15. The Morgan fingerprint density at radius 1 is 1.22 bits per heavy atom. The number of ether oxygens (including phenoxy) is 1. The van der Waals surface area contributed by atoms with Gasteiger partial charge in [-0.3, -0.25) is 9.48 Å². The highest BCUT2D eigenvalue weighted by Crippen LogP contribution is 2.38. The van der Waals surface area contributed by atoms with E-state index in [1.165, 1.54) is 0 Å². The molecule has 0 atom stereocenters. The first kappa shape index (κ1) is 23.0. The van der Waals surface area contributed by atoms with Crippen LogP contribution in [0.4, 0.5) is 11.6 Å².